The number of aliphatic hydroxyl groups is 1. The number of carbonyl (C=O) groups is 1. The molecule has 2 rings (SSSR count). The zero-order valence-electron chi connectivity index (χ0n) is 11.2. The van der Waals surface area contributed by atoms with E-state index in [1.54, 1.807) is 0 Å². The van der Waals surface area contributed by atoms with Crippen LogP contribution in [0.2, 0.25) is 5.02 Å². The van der Waals surface area contributed by atoms with Crippen LogP contribution in [-0.2, 0) is 10.0 Å². The second-order valence-corrected chi connectivity index (χ2v) is 7.16. The van der Waals surface area contributed by atoms with Gasteiger partial charge in [0.15, 0.2) is 0 Å². The van der Waals surface area contributed by atoms with E-state index in [4.69, 9.17) is 16.7 Å². The molecule has 0 aliphatic carbocycles. The highest BCUT2D eigenvalue weighted by molar-refractivity contribution is 7.89. The van der Waals surface area contributed by atoms with Gasteiger partial charge in [-0.05, 0) is 31.0 Å². The smallest absolute Gasteiger partial charge is 0.335 e. The summed E-state index contributed by atoms with van der Waals surface area (Å²) in [6, 6.07) is 3.08. The number of nitrogens with zero attached hydrogens (tertiary/aromatic N) is 1. The second-order valence-electron chi connectivity index (χ2n) is 4.90. The lowest BCUT2D eigenvalue weighted by molar-refractivity contribution is 0.0696. The summed E-state index contributed by atoms with van der Waals surface area (Å²) < 4.78 is 26.6. The van der Waals surface area contributed by atoms with Gasteiger partial charge in [0.1, 0.15) is 4.90 Å². The van der Waals surface area contributed by atoms with Crippen LogP contribution in [0.5, 0.6) is 0 Å². The molecular weight excluding hydrogens is 318 g/mol. The Hall–Kier alpha value is -1.15. The lowest BCUT2D eigenvalue weighted by Gasteiger charge is -2.33. The summed E-state index contributed by atoms with van der Waals surface area (Å²) in [5.41, 5.74) is -0.143. The van der Waals surface area contributed by atoms with Crippen molar-refractivity contribution in [2.45, 2.75) is 30.2 Å². The fourth-order valence-electron chi connectivity index (χ4n) is 2.43. The Morgan fingerprint density at radius 2 is 2.10 bits per heavy atom. The maximum Gasteiger partial charge on any atom is 0.335 e. The van der Waals surface area contributed by atoms with Gasteiger partial charge in [-0.15, -0.1) is 0 Å². The number of halogens is 1. The molecule has 0 spiro atoms. The number of hydrogen-bond acceptors (Lipinski definition) is 4. The van der Waals surface area contributed by atoms with Gasteiger partial charge in [-0.1, -0.05) is 18.0 Å². The fraction of sp³-hybridized carbons (Fsp3) is 0.462. The number of aromatic carboxylic acids is 1. The third-order valence-electron chi connectivity index (χ3n) is 3.55. The summed E-state index contributed by atoms with van der Waals surface area (Å²) in [7, 11) is -3.93. The molecular formula is C13H16ClNO5S. The van der Waals surface area contributed by atoms with Crippen LogP contribution in [0.3, 0.4) is 0 Å². The highest BCUT2D eigenvalue weighted by Crippen LogP contribution is 2.30. The Labute approximate surface area is 128 Å². The number of carboxylic acids is 1. The normalized spacial score (nSPS) is 20.4. The van der Waals surface area contributed by atoms with Gasteiger partial charge in [0.05, 0.1) is 17.2 Å². The molecule has 1 atom stereocenters. The van der Waals surface area contributed by atoms with E-state index in [9.17, 15) is 18.3 Å². The average Bonchev–Trinajstić information content (AvgIpc) is 2.47. The van der Waals surface area contributed by atoms with E-state index in [0.717, 1.165) is 12.5 Å². The van der Waals surface area contributed by atoms with Gasteiger partial charge in [0.2, 0.25) is 10.0 Å². The first-order valence-electron chi connectivity index (χ1n) is 6.53. The van der Waals surface area contributed by atoms with E-state index in [1.165, 1.54) is 16.4 Å². The first-order valence-corrected chi connectivity index (χ1v) is 8.35. The summed E-state index contributed by atoms with van der Waals surface area (Å²) in [4.78, 5) is 10.8. The van der Waals surface area contributed by atoms with Crippen molar-refractivity contribution in [1.29, 1.82) is 0 Å². The van der Waals surface area contributed by atoms with Crippen LogP contribution in [0.15, 0.2) is 23.1 Å². The molecule has 0 saturated carbocycles. The van der Waals surface area contributed by atoms with Crippen molar-refractivity contribution in [3.63, 3.8) is 0 Å². The maximum absolute atomic E-state index is 12.7. The SMILES string of the molecule is O=C(O)c1ccc(Cl)c(S(=O)(=O)N2CCCCC2CO)c1. The topological polar surface area (TPSA) is 94.9 Å². The maximum atomic E-state index is 12.7. The molecule has 21 heavy (non-hydrogen) atoms. The number of benzene rings is 1. The van der Waals surface area contributed by atoms with Gasteiger partial charge in [0, 0.05) is 12.6 Å². The van der Waals surface area contributed by atoms with Crippen molar-refractivity contribution < 1.29 is 23.4 Å². The summed E-state index contributed by atoms with van der Waals surface area (Å²) in [6.45, 7) is 0.0245. The van der Waals surface area contributed by atoms with Gasteiger partial charge in [-0.3, -0.25) is 0 Å². The van der Waals surface area contributed by atoms with E-state index in [2.05, 4.69) is 0 Å². The van der Waals surface area contributed by atoms with Crippen molar-refractivity contribution in [2.75, 3.05) is 13.2 Å². The van der Waals surface area contributed by atoms with Gasteiger partial charge >= 0.3 is 5.97 Å². The van der Waals surface area contributed by atoms with Crippen molar-refractivity contribution >= 4 is 27.6 Å². The van der Waals surface area contributed by atoms with Crippen molar-refractivity contribution in [3.8, 4) is 0 Å². The Morgan fingerprint density at radius 3 is 2.71 bits per heavy atom. The number of piperidine rings is 1. The minimum atomic E-state index is -3.93. The third-order valence-corrected chi connectivity index (χ3v) is 5.98. The molecule has 6 nitrogen and oxygen atoms in total. The molecule has 1 unspecified atom stereocenters. The summed E-state index contributed by atoms with van der Waals surface area (Å²) in [6.07, 6.45) is 2.12. The molecule has 0 bridgehead atoms. The Kier molecular flexibility index (Phi) is 4.88. The lowest BCUT2D eigenvalue weighted by Crippen LogP contribution is -2.45. The Balaban J connectivity index is 2.47. The quantitative estimate of drug-likeness (QED) is 0.872. The van der Waals surface area contributed by atoms with Gasteiger partial charge < -0.3 is 10.2 Å². The minimum absolute atomic E-state index is 0.0257. The first-order chi connectivity index (χ1) is 9.87. The molecule has 1 fully saturated rings. The van der Waals surface area contributed by atoms with Crippen LogP contribution in [0.4, 0.5) is 0 Å². The summed E-state index contributed by atoms with van der Waals surface area (Å²) in [5.74, 6) is -1.22. The third kappa shape index (κ3) is 3.21. The first kappa shape index (κ1) is 16.2. The molecule has 2 N–H and O–H groups in total. The highest BCUT2D eigenvalue weighted by Gasteiger charge is 2.34. The Bertz CT molecular complexity index is 646. The Morgan fingerprint density at radius 1 is 1.38 bits per heavy atom. The van der Waals surface area contributed by atoms with Crippen LogP contribution in [0.1, 0.15) is 29.6 Å². The van der Waals surface area contributed by atoms with Crippen LogP contribution < -0.4 is 0 Å². The molecule has 0 aromatic heterocycles. The predicted octanol–water partition coefficient (Wildman–Crippen LogP) is 1.57. The molecule has 116 valence electrons. The highest BCUT2D eigenvalue weighted by atomic mass is 35.5. The molecule has 1 aromatic carbocycles. The van der Waals surface area contributed by atoms with Crippen molar-refractivity contribution in [3.05, 3.63) is 28.8 Å². The number of hydrogen-bond donors (Lipinski definition) is 2. The number of sulfonamides is 1. The van der Waals surface area contributed by atoms with Crippen molar-refractivity contribution in [1.82, 2.24) is 4.31 Å². The van der Waals surface area contributed by atoms with Gasteiger partial charge in [-0.25, -0.2) is 13.2 Å². The number of rotatable bonds is 4. The molecule has 8 heteroatoms. The predicted molar refractivity (Wildman–Crippen MR) is 77.0 cm³/mol. The van der Waals surface area contributed by atoms with Crippen LogP contribution in [0, 0.1) is 0 Å². The van der Waals surface area contributed by atoms with Crippen LogP contribution in [-0.4, -0.2) is 48.1 Å². The standard InChI is InChI=1S/C13H16ClNO5S/c14-11-5-4-9(13(17)18)7-12(11)21(19,20)15-6-2-1-3-10(15)8-16/h4-5,7,10,16H,1-3,6,8H2,(H,17,18). The van der Waals surface area contributed by atoms with Gasteiger partial charge in [0.25, 0.3) is 0 Å². The summed E-state index contributed by atoms with van der Waals surface area (Å²) >= 11 is 5.93. The molecule has 1 aliphatic rings. The lowest BCUT2D eigenvalue weighted by atomic mass is 10.1. The number of aliphatic hydroxyl groups excluding tert-OH is 1. The van der Waals surface area contributed by atoms with E-state index in [-0.39, 0.29) is 22.1 Å². The molecule has 1 heterocycles. The number of carboxylic acid groups (broad SMARTS) is 1. The van der Waals surface area contributed by atoms with E-state index >= 15 is 0 Å². The van der Waals surface area contributed by atoms with E-state index in [0.29, 0.717) is 19.4 Å². The average molecular weight is 334 g/mol. The largest absolute Gasteiger partial charge is 0.478 e. The van der Waals surface area contributed by atoms with E-state index < -0.39 is 22.0 Å². The minimum Gasteiger partial charge on any atom is -0.478 e. The molecule has 0 amide bonds. The fourth-order valence-corrected chi connectivity index (χ4v) is 4.62. The second kappa shape index (κ2) is 6.31. The molecule has 1 saturated heterocycles. The zero-order valence-corrected chi connectivity index (χ0v) is 12.8. The molecule has 1 aliphatic heterocycles. The van der Waals surface area contributed by atoms with Crippen molar-refractivity contribution in [2.24, 2.45) is 0 Å². The van der Waals surface area contributed by atoms with Gasteiger partial charge in [-0.2, -0.15) is 4.31 Å². The summed E-state index contributed by atoms with van der Waals surface area (Å²) in [5, 5.41) is 18.3. The van der Waals surface area contributed by atoms with Crippen LogP contribution >= 0.6 is 11.6 Å². The van der Waals surface area contributed by atoms with E-state index in [1.807, 2.05) is 0 Å². The zero-order chi connectivity index (χ0) is 15.6. The molecule has 0 radical (unpaired) electrons. The molecule has 1 aromatic rings. The monoisotopic (exact) mass is 333 g/mol. The van der Waals surface area contributed by atoms with Crippen LogP contribution in [0.25, 0.3) is 0 Å².